The fourth-order valence-electron chi connectivity index (χ4n) is 1.38. The minimum atomic E-state index is -0.259. The molecule has 0 radical (unpaired) electrons. The third-order valence-electron chi connectivity index (χ3n) is 2.23. The molecule has 0 spiro atoms. The molecule has 0 aliphatic heterocycles. The van der Waals surface area contributed by atoms with Crippen molar-refractivity contribution in [3.05, 3.63) is 39.4 Å². The van der Waals surface area contributed by atoms with E-state index in [-0.39, 0.29) is 16.7 Å². The van der Waals surface area contributed by atoms with Crippen LogP contribution in [-0.4, -0.2) is 22.4 Å². The van der Waals surface area contributed by atoms with Gasteiger partial charge in [-0.15, -0.1) is 11.3 Å². The molecule has 0 aliphatic rings. The standard InChI is InChI=1S/C11H11ClN4OS/c12-8-6-16-9(13)5-7(8)11(17)15-2-1-10-14-3-4-18-10/h3-6H,1-2H2,(H2,13,16)(H,15,17). The molecule has 2 rings (SSSR count). The maximum atomic E-state index is 11.9. The summed E-state index contributed by atoms with van der Waals surface area (Å²) in [7, 11) is 0. The monoisotopic (exact) mass is 282 g/mol. The SMILES string of the molecule is Nc1cc(C(=O)NCCc2nccs2)c(Cl)cn1. The van der Waals surface area contributed by atoms with Gasteiger partial charge in [0.1, 0.15) is 5.82 Å². The Morgan fingerprint density at radius 1 is 1.50 bits per heavy atom. The Morgan fingerprint density at radius 3 is 3.06 bits per heavy atom. The number of rotatable bonds is 4. The first kappa shape index (κ1) is 12.8. The first-order valence-electron chi connectivity index (χ1n) is 5.24. The zero-order chi connectivity index (χ0) is 13.0. The number of nitrogen functional groups attached to an aromatic ring is 1. The number of nitrogens with one attached hydrogen (secondary N) is 1. The van der Waals surface area contributed by atoms with Gasteiger partial charge in [0.25, 0.3) is 5.91 Å². The molecule has 0 saturated heterocycles. The lowest BCUT2D eigenvalue weighted by atomic mass is 10.2. The Labute approximate surface area is 113 Å². The molecule has 7 heteroatoms. The Morgan fingerprint density at radius 2 is 2.33 bits per heavy atom. The molecule has 0 bridgehead atoms. The van der Waals surface area contributed by atoms with Crippen molar-refractivity contribution in [3.63, 3.8) is 0 Å². The smallest absolute Gasteiger partial charge is 0.253 e. The maximum Gasteiger partial charge on any atom is 0.253 e. The maximum absolute atomic E-state index is 11.9. The van der Waals surface area contributed by atoms with Gasteiger partial charge >= 0.3 is 0 Å². The number of carbonyl (C=O) groups excluding carboxylic acids is 1. The highest BCUT2D eigenvalue weighted by atomic mass is 35.5. The van der Waals surface area contributed by atoms with Crippen LogP contribution in [0, 0.1) is 0 Å². The summed E-state index contributed by atoms with van der Waals surface area (Å²) in [5, 5.41) is 5.94. The molecule has 0 unspecified atom stereocenters. The van der Waals surface area contributed by atoms with Crippen molar-refractivity contribution in [1.82, 2.24) is 15.3 Å². The van der Waals surface area contributed by atoms with Crippen molar-refractivity contribution < 1.29 is 4.79 Å². The molecule has 0 aliphatic carbocycles. The Hall–Kier alpha value is -1.66. The Balaban J connectivity index is 1.93. The molecule has 0 saturated carbocycles. The van der Waals surface area contributed by atoms with Gasteiger partial charge in [0, 0.05) is 30.7 Å². The van der Waals surface area contributed by atoms with Crippen molar-refractivity contribution >= 4 is 34.7 Å². The van der Waals surface area contributed by atoms with Gasteiger partial charge in [-0.3, -0.25) is 4.79 Å². The summed E-state index contributed by atoms with van der Waals surface area (Å²) in [5.74, 6) is 0.00938. The molecule has 3 N–H and O–H groups in total. The predicted molar refractivity (Wildman–Crippen MR) is 71.8 cm³/mol. The van der Waals surface area contributed by atoms with Crippen LogP contribution >= 0.6 is 22.9 Å². The summed E-state index contributed by atoms with van der Waals surface area (Å²) in [4.78, 5) is 19.8. The molecule has 2 aromatic heterocycles. The fraction of sp³-hybridized carbons (Fsp3) is 0.182. The summed E-state index contributed by atoms with van der Waals surface area (Å²) < 4.78 is 0. The molecule has 5 nitrogen and oxygen atoms in total. The molecule has 94 valence electrons. The molecule has 2 aromatic rings. The van der Waals surface area contributed by atoms with E-state index in [2.05, 4.69) is 15.3 Å². The molecule has 0 atom stereocenters. The molecule has 2 heterocycles. The predicted octanol–water partition coefficient (Wildman–Crippen LogP) is 1.75. The van der Waals surface area contributed by atoms with Crippen molar-refractivity contribution in [3.8, 4) is 0 Å². The van der Waals surface area contributed by atoms with E-state index in [0.717, 1.165) is 5.01 Å². The van der Waals surface area contributed by atoms with Crippen LogP contribution in [0.15, 0.2) is 23.8 Å². The van der Waals surface area contributed by atoms with Gasteiger partial charge in [-0.25, -0.2) is 9.97 Å². The van der Waals surface area contributed by atoms with E-state index in [1.165, 1.54) is 12.3 Å². The van der Waals surface area contributed by atoms with Crippen LogP contribution in [0.4, 0.5) is 5.82 Å². The van der Waals surface area contributed by atoms with E-state index in [1.807, 2.05) is 5.38 Å². The van der Waals surface area contributed by atoms with Crippen molar-refractivity contribution in [2.75, 3.05) is 12.3 Å². The van der Waals surface area contributed by atoms with Crippen molar-refractivity contribution in [1.29, 1.82) is 0 Å². The van der Waals surface area contributed by atoms with E-state index in [0.29, 0.717) is 18.5 Å². The molecule has 0 aromatic carbocycles. The highest BCUT2D eigenvalue weighted by Crippen LogP contribution is 2.16. The molecule has 1 amide bonds. The lowest BCUT2D eigenvalue weighted by molar-refractivity contribution is 0.0954. The quantitative estimate of drug-likeness (QED) is 0.895. The van der Waals surface area contributed by atoms with E-state index < -0.39 is 0 Å². The molecular weight excluding hydrogens is 272 g/mol. The third-order valence-corrected chi connectivity index (χ3v) is 3.37. The lowest BCUT2D eigenvalue weighted by Gasteiger charge is -2.06. The Bertz CT molecular complexity index is 544. The first-order chi connectivity index (χ1) is 8.66. The second kappa shape index (κ2) is 5.79. The average molecular weight is 283 g/mol. The normalized spacial score (nSPS) is 10.3. The average Bonchev–Trinajstić information content (AvgIpc) is 2.85. The van der Waals surface area contributed by atoms with Gasteiger partial charge < -0.3 is 11.1 Å². The van der Waals surface area contributed by atoms with Gasteiger partial charge in [-0.05, 0) is 6.07 Å². The molecule has 18 heavy (non-hydrogen) atoms. The number of carbonyl (C=O) groups is 1. The number of thiazole rings is 1. The number of nitrogens with two attached hydrogens (primary N) is 1. The fourth-order valence-corrected chi connectivity index (χ4v) is 2.19. The summed E-state index contributed by atoms with van der Waals surface area (Å²) in [6, 6.07) is 1.46. The van der Waals surface area contributed by atoms with Crippen LogP contribution in [-0.2, 0) is 6.42 Å². The minimum Gasteiger partial charge on any atom is -0.384 e. The van der Waals surface area contributed by atoms with E-state index in [4.69, 9.17) is 17.3 Å². The Kier molecular flexibility index (Phi) is 4.11. The lowest BCUT2D eigenvalue weighted by Crippen LogP contribution is -2.26. The summed E-state index contributed by atoms with van der Waals surface area (Å²) >= 11 is 7.44. The van der Waals surface area contributed by atoms with Gasteiger partial charge in [-0.1, -0.05) is 11.6 Å². The number of aromatic nitrogens is 2. The second-order valence-corrected chi connectivity index (χ2v) is 4.91. The third kappa shape index (κ3) is 3.18. The van der Waals surface area contributed by atoms with Crippen LogP contribution < -0.4 is 11.1 Å². The number of anilines is 1. The first-order valence-corrected chi connectivity index (χ1v) is 6.50. The molecule has 0 fully saturated rings. The number of amides is 1. The second-order valence-electron chi connectivity index (χ2n) is 3.52. The van der Waals surface area contributed by atoms with Crippen LogP contribution in [0.5, 0.6) is 0 Å². The van der Waals surface area contributed by atoms with Crippen molar-refractivity contribution in [2.24, 2.45) is 0 Å². The largest absolute Gasteiger partial charge is 0.384 e. The molecular formula is C11H11ClN4OS. The van der Waals surface area contributed by atoms with Crippen LogP contribution in [0.3, 0.4) is 0 Å². The number of pyridine rings is 1. The van der Waals surface area contributed by atoms with E-state index in [9.17, 15) is 4.79 Å². The van der Waals surface area contributed by atoms with Crippen LogP contribution in [0.1, 0.15) is 15.4 Å². The number of nitrogens with zero attached hydrogens (tertiary/aromatic N) is 2. The van der Waals surface area contributed by atoms with Crippen molar-refractivity contribution in [2.45, 2.75) is 6.42 Å². The summed E-state index contributed by atoms with van der Waals surface area (Å²) in [6.07, 6.45) is 3.80. The summed E-state index contributed by atoms with van der Waals surface area (Å²) in [6.45, 7) is 0.505. The topological polar surface area (TPSA) is 80.9 Å². The zero-order valence-electron chi connectivity index (χ0n) is 9.39. The van der Waals surface area contributed by atoms with Gasteiger partial charge in [0.2, 0.25) is 0 Å². The minimum absolute atomic E-state index is 0.259. The van der Waals surface area contributed by atoms with Gasteiger partial charge in [-0.2, -0.15) is 0 Å². The summed E-state index contributed by atoms with van der Waals surface area (Å²) in [5.41, 5.74) is 5.85. The van der Waals surface area contributed by atoms with Crippen LogP contribution in [0.25, 0.3) is 0 Å². The number of hydrogen-bond acceptors (Lipinski definition) is 5. The van der Waals surface area contributed by atoms with Crippen LogP contribution in [0.2, 0.25) is 5.02 Å². The highest BCUT2D eigenvalue weighted by molar-refractivity contribution is 7.09. The van der Waals surface area contributed by atoms with Gasteiger partial charge in [0.05, 0.1) is 15.6 Å². The van der Waals surface area contributed by atoms with E-state index in [1.54, 1.807) is 17.5 Å². The van der Waals surface area contributed by atoms with Gasteiger partial charge in [0.15, 0.2) is 0 Å². The zero-order valence-corrected chi connectivity index (χ0v) is 11.0. The van der Waals surface area contributed by atoms with E-state index >= 15 is 0 Å². The number of halogens is 1. The highest BCUT2D eigenvalue weighted by Gasteiger charge is 2.11. The number of hydrogen-bond donors (Lipinski definition) is 2.